The molecule has 9 heteroatoms. The predicted molar refractivity (Wildman–Crippen MR) is 90.7 cm³/mol. The van der Waals surface area contributed by atoms with Crippen molar-refractivity contribution in [1.82, 2.24) is 9.97 Å². The van der Waals surface area contributed by atoms with Crippen molar-refractivity contribution in [2.24, 2.45) is 5.92 Å². The van der Waals surface area contributed by atoms with Gasteiger partial charge >= 0.3 is 12.1 Å². The second-order valence-corrected chi connectivity index (χ2v) is 6.62. The maximum absolute atomic E-state index is 12.4. The van der Waals surface area contributed by atoms with Gasteiger partial charge in [-0.15, -0.1) is 0 Å². The van der Waals surface area contributed by atoms with Crippen molar-refractivity contribution in [3.8, 4) is 0 Å². The van der Waals surface area contributed by atoms with E-state index in [2.05, 4.69) is 9.97 Å². The van der Waals surface area contributed by atoms with E-state index in [0.29, 0.717) is 47.8 Å². The Morgan fingerprint density at radius 3 is 2.67 bits per heavy atom. The Morgan fingerprint density at radius 2 is 2.08 bits per heavy atom. The number of carbonyl (C=O) groups is 1. The zero-order chi connectivity index (χ0) is 17.7. The quantitative estimate of drug-likeness (QED) is 0.502. The number of aromatic nitrogens is 2. The maximum atomic E-state index is 12.4. The lowest BCUT2D eigenvalue weighted by molar-refractivity contribution is -0.148. The van der Waals surface area contributed by atoms with E-state index in [-0.39, 0.29) is 18.3 Å². The summed E-state index contributed by atoms with van der Waals surface area (Å²) in [6.45, 7) is 3.36. The summed E-state index contributed by atoms with van der Waals surface area (Å²) in [5.74, 6) is 0.259. The fourth-order valence-corrected chi connectivity index (χ4v) is 3.11. The number of rotatable bonds is 5. The Bertz CT molecular complexity index is 576. The highest BCUT2D eigenvalue weighted by Crippen LogP contribution is 2.26. The molecule has 0 unspecified atom stereocenters. The van der Waals surface area contributed by atoms with E-state index >= 15 is 0 Å². The molecule has 1 fully saturated rings. The van der Waals surface area contributed by atoms with Crippen molar-refractivity contribution in [2.75, 3.05) is 24.6 Å². The normalized spacial score (nSPS) is 16.3. The lowest BCUT2D eigenvalue weighted by Crippen LogP contribution is -2.37. The van der Waals surface area contributed by atoms with Crippen molar-refractivity contribution < 1.29 is 22.7 Å². The minimum atomic E-state index is -4.21. The number of anilines is 1. The topological polar surface area (TPSA) is 55.3 Å². The number of carbonyl (C=O) groups excluding carboxylic acids is 1. The second kappa shape index (κ2) is 8.30. The van der Waals surface area contributed by atoms with Crippen LogP contribution in [-0.4, -0.2) is 41.8 Å². The Balaban J connectivity index is 1.99. The van der Waals surface area contributed by atoms with Crippen LogP contribution in [0, 0.1) is 9.62 Å². The van der Waals surface area contributed by atoms with Crippen LogP contribution >= 0.6 is 22.6 Å². The second-order valence-electron chi connectivity index (χ2n) is 5.59. The van der Waals surface area contributed by atoms with E-state index in [4.69, 9.17) is 4.74 Å². The van der Waals surface area contributed by atoms with Crippen LogP contribution in [0.5, 0.6) is 0 Å². The summed E-state index contributed by atoms with van der Waals surface area (Å²) >= 11 is 1.90. The van der Waals surface area contributed by atoms with Gasteiger partial charge in [-0.3, -0.25) is 4.79 Å². The number of halogens is 4. The van der Waals surface area contributed by atoms with Gasteiger partial charge in [0.2, 0.25) is 0 Å². The average molecular weight is 457 g/mol. The molecule has 0 bridgehead atoms. The number of hydrogen-bond donors (Lipinski definition) is 0. The molecule has 1 aromatic heterocycles. The first-order valence-corrected chi connectivity index (χ1v) is 8.87. The van der Waals surface area contributed by atoms with Crippen LogP contribution in [0.4, 0.5) is 19.0 Å². The summed E-state index contributed by atoms with van der Waals surface area (Å²) in [6, 6.07) is 0. The minimum absolute atomic E-state index is 0.122. The van der Waals surface area contributed by atoms with Gasteiger partial charge in [0.1, 0.15) is 9.52 Å². The molecule has 1 aromatic rings. The zero-order valence-corrected chi connectivity index (χ0v) is 15.4. The summed E-state index contributed by atoms with van der Waals surface area (Å²) in [4.78, 5) is 22.2. The summed E-state index contributed by atoms with van der Waals surface area (Å²) < 4.78 is 42.7. The minimum Gasteiger partial charge on any atom is -0.466 e. The van der Waals surface area contributed by atoms with Crippen molar-refractivity contribution in [2.45, 2.75) is 38.8 Å². The molecular formula is C15H19F3IN3O2. The largest absolute Gasteiger partial charge is 0.466 e. The average Bonchev–Trinajstić information content (AvgIpc) is 2.54. The van der Waals surface area contributed by atoms with E-state index in [1.54, 1.807) is 13.1 Å². The van der Waals surface area contributed by atoms with Crippen molar-refractivity contribution in [3.63, 3.8) is 0 Å². The fourth-order valence-electron chi connectivity index (χ4n) is 2.58. The molecule has 2 heterocycles. The third kappa shape index (κ3) is 5.45. The van der Waals surface area contributed by atoms with Gasteiger partial charge in [0.25, 0.3) is 0 Å². The lowest BCUT2D eigenvalue weighted by Gasteiger charge is -2.31. The number of alkyl halides is 3. The third-order valence-corrected chi connectivity index (χ3v) is 4.77. The molecule has 1 saturated heterocycles. The van der Waals surface area contributed by atoms with Crippen LogP contribution in [0.3, 0.4) is 0 Å². The van der Waals surface area contributed by atoms with Crippen LogP contribution in [0.2, 0.25) is 0 Å². The number of esters is 1. The molecule has 0 saturated carbocycles. The molecular weight excluding hydrogens is 438 g/mol. The SMILES string of the molecule is CCOC(=O)C1CCN(c2cnc(I)c(CCC(F)(F)F)n2)CC1. The standard InChI is InChI=1S/C15H19F3IN3O2/c1-2-24-14(23)10-4-7-22(8-5-10)12-9-20-13(19)11(21-12)3-6-15(16,17)18/h9-10H,2-8H2,1H3. The molecule has 0 amide bonds. The van der Waals surface area contributed by atoms with Crippen LogP contribution in [0.25, 0.3) is 0 Å². The number of hydrogen-bond acceptors (Lipinski definition) is 5. The lowest BCUT2D eigenvalue weighted by atomic mass is 9.97. The highest BCUT2D eigenvalue weighted by atomic mass is 127. The van der Waals surface area contributed by atoms with Gasteiger partial charge in [-0.1, -0.05) is 0 Å². The maximum Gasteiger partial charge on any atom is 0.389 e. The zero-order valence-electron chi connectivity index (χ0n) is 13.3. The van der Waals surface area contributed by atoms with Crippen LogP contribution < -0.4 is 4.90 Å². The smallest absolute Gasteiger partial charge is 0.389 e. The molecule has 1 aliphatic rings. The van der Waals surface area contributed by atoms with Crippen LogP contribution in [0.15, 0.2) is 6.20 Å². The monoisotopic (exact) mass is 457 g/mol. The van der Waals surface area contributed by atoms with E-state index in [1.165, 1.54) is 0 Å². The molecule has 0 radical (unpaired) electrons. The van der Waals surface area contributed by atoms with Gasteiger partial charge in [-0.25, -0.2) is 9.97 Å². The summed E-state index contributed by atoms with van der Waals surface area (Å²) in [6.07, 6.45) is -2.44. The molecule has 0 aliphatic carbocycles. The molecule has 0 aromatic carbocycles. The third-order valence-electron chi connectivity index (χ3n) is 3.87. The molecule has 134 valence electrons. The van der Waals surface area contributed by atoms with Gasteiger partial charge < -0.3 is 9.64 Å². The molecule has 5 nitrogen and oxygen atoms in total. The fraction of sp³-hybridized carbons (Fsp3) is 0.667. The number of aryl methyl sites for hydroxylation is 1. The van der Waals surface area contributed by atoms with E-state index < -0.39 is 12.6 Å². The first kappa shape index (κ1) is 19.2. The first-order valence-electron chi connectivity index (χ1n) is 7.80. The highest BCUT2D eigenvalue weighted by molar-refractivity contribution is 14.1. The van der Waals surface area contributed by atoms with Gasteiger partial charge in [-0.2, -0.15) is 13.2 Å². The molecule has 0 N–H and O–H groups in total. The molecule has 0 atom stereocenters. The van der Waals surface area contributed by atoms with Gasteiger partial charge in [0, 0.05) is 25.9 Å². The van der Waals surface area contributed by atoms with E-state index in [0.717, 1.165) is 0 Å². The summed E-state index contributed by atoms with van der Waals surface area (Å²) in [5, 5.41) is 0. The Morgan fingerprint density at radius 1 is 1.42 bits per heavy atom. The van der Waals surface area contributed by atoms with Gasteiger partial charge in [0.15, 0.2) is 0 Å². The Labute approximate surface area is 152 Å². The van der Waals surface area contributed by atoms with Gasteiger partial charge in [-0.05, 0) is 42.4 Å². The number of nitrogens with zero attached hydrogens (tertiary/aromatic N) is 3. The van der Waals surface area contributed by atoms with Crippen molar-refractivity contribution in [3.05, 3.63) is 15.6 Å². The Kier molecular flexibility index (Phi) is 6.64. The van der Waals surface area contributed by atoms with Crippen molar-refractivity contribution >= 4 is 34.4 Å². The summed E-state index contributed by atoms with van der Waals surface area (Å²) in [7, 11) is 0. The van der Waals surface area contributed by atoms with E-state index in [9.17, 15) is 18.0 Å². The highest BCUT2D eigenvalue weighted by Gasteiger charge is 2.29. The first-order chi connectivity index (χ1) is 11.3. The molecule has 0 spiro atoms. The van der Waals surface area contributed by atoms with E-state index in [1.807, 2.05) is 27.5 Å². The van der Waals surface area contributed by atoms with Crippen molar-refractivity contribution in [1.29, 1.82) is 0 Å². The molecule has 24 heavy (non-hydrogen) atoms. The summed E-state index contributed by atoms with van der Waals surface area (Å²) in [5.41, 5.74) is 0.359. The molecule has 1 aliphatic heterocycles. The number of piperidine rings is 1. The predicted octanol–water partition coefficient (Wildman–Crippen LogP) is 3.36. The van der Waals surface area contributed by atoms with Gasteiger partial charge in [0.05, 0.1) is 24.4 Å². The number of ether oxygens (including phenoxy) is 1. The molecule has 2 rings (SSSR count). The Hall–Kier alpha value is -1.13. The van der Waals surface area contributed by atoms with Crippen LogP contribution in [-0.2, 0) is 16.0 Å². The van der Waals surface area contributed by atoms with Crippen LogP contribution in [0.1, 0.15) is 31.9 Å².